The standard InChI is InChI=1S/C12H12ClFN4S/c1-18(6-3-4-6)11-7-5-15-12(19-2)16-9(7)8(14)10(13)17-11/h5-6H,3-4H2,1-2H3. The maximum absolute atomic E-state index is 14.1. The molecule has 7 heteroatoms. The molecule has 0 aromatic carbocycles. The van der Waals surface area contributed by atoms with Crippen molar-refractivity contribution < 1.29 is 4.39 Å². The Labute approximate surface area is 119 Å². The van der Waals surface area contributed by atoms with Crippen molar-refractivity contribution in [1.29, 1.82) is 0 Å². The zero-order valence-corrected chi connectivity index (χ0v) is 12.1. The van der Waals surface area contributed by atoms with E-state index in [0.29, 0.717) is 22.4 Å². The third-order valence-corrected chi connectivity index (χ3v) is 4.02. The lowest BCUT2D eigenvalue weighted by atomic mass is 10.2. The van der Waals surface area contributed by atoms with Gasteiger partial charge >= 0.3 is 0 Å². The summed E-state index contributed by atoms with van der Waals surface area (Å²) >= 11 is 7.24. The molecule has 0 amide bonds. The van der Waals surface area contributed by atoms with Gasteiger partial charge in [-0.05, 0) is 19.1 Å². The maximum atomic E-state index is 14.1. The Morgan fingerprint density at radius 2 is 2.16 bits per heavy atom. The minimum absolute atomic E-state index is 0.138. The molecule has 19 heavy (non-hydrogen) atoms. The minimum atomic E-state index is -0.581. The number of pyridine rings is 1. The van der Waals surface area contributed by atoms with Crippen LogP contribution in [0.2, 0.25) is 5.15 Å². The Balaban J connectivity index is 2.24. The first kappa shape index (κ1) is 12.9. The maximum Gasteiger partial charge on any atom is 0.187 e. The Hall–Kier alpha value is -1.14. The highest BCUT2D eigenvalue weighted by Gasteiger charge is 2.29. The average Bonchev–Trinajstić information content (AvgIpc) is 3.26. The lowest BCUT2D eigenvalue weighted by Gasteiger charge is -2.19. The van der Waals surface area contributed by atoms with Crippen molar-refractivity contribution in [1.82, 2.24) is 15.0 Å². The fraction of sp³-hybridized carbons (Fsp3) is 0.417. The Morgan fingerprint density at radius 3 is 2.79 bits per heavy atom. The summed E-state index contributed by atoms with van der Waals surface area (Å²) in [7, 11) is 1.94. The number of nitrogens with zero attached hydrogens (tertiary/aromatic N) is 4. The zero-order valence-electron chi connectivity index (χ0n) is 10.5. The van der Waals surface area contributed by atoms with Crippen molar-refractivity contribution in [2.45, 2.75) is 24.0 Å². The molecule has 0 bridgehead atoms. The first-order valence-corrected chi connectivity index (χ1v) is 7.50. The summed E-state index contributed by atoms with van der Waals surface area (Å²) in [5, 5.41) is 0.989. The molecule has 0 atom stereocenters. The monoisotopic (exact) mass is 298 g/mol. The van der Waals surface area contributed by atoms with Gasteiger partial charge in [0.15, 0.2) is 16.1 Å². The van der Waals surface area contributed by atoms with Crippen LogP contribution in [-0.2, 0) is 0 Å². The van der Waals surface area contributed by atoms with E-state index in [1.54, 1.807) is 6.20 Å². The van der Waals surface area contributed by atoms with Crippen molar-refractivity contribution in [3.05, 3.63) is 17.2 Å². The molecule has 0 radical (unpaired) electrons. The van der Waals surface area contributed by atoms with Crippen LogP contribution in [0.3, 0.4) is 0 Å². The highest BCUT2D eigenvalue weighted by atomic mass is 35.5. The normalized spacial score (nSPS) is 14.9. The van der Waals surface area contributed by atoms with E-state index >= 15 is 0 Å². The third-order valence-electron chi connectivity index (χ3n) is 3.21. The van der Waals surface area contributed by atoms with Crippen molar-refractivity contribution >= 4 is 40.1 Å². The molecule has 2 aromatic heterocycles. The Morgan fingerprint density at radius 1 is 1.42 bits per heavy atom. The number of anilines is 1. The number of rotatable bonds is 3. The van der Waals surface area contributed by atoms with Gasteiger partial charge in [0, 0.05) is 19.3 Å². The van der Waals surface area contributed by atoms with Gasteiger partial charge in [-0.3, -0.25) is 0 Å². The second kappa shape index (κ2) is 4.76. The number of fused-ring (bicyclic) bond motifs is 1. The summed E-state index contributed by atoms with van der Waals surface area (Å²) in [5.74, 6) is 0.0684. The van der Waals surface area contributed by atoms with Crippen molar-refractivity contribution in [2.75, 3.05) is 18.2 Å². The molecule has 0 unspecified atom stereocenters. The van der Waals surface area contributed by atoms with E-state index in [4.69, 9.17) is 11.6 Å². The summed E-state index contributed by atoms with van der Waals surface area (Å²) in [5.41, 5.74) is 0.238. The molecule has 1 fully saturated rings. The molecule has 1 aliphatic carbocycles. The van der Waals surface area contributed by atoms with E-state index in [9.17, 15) is 4.39 Å². The van der Waals surface area contributed by atoms with Gasteiger partial charge in [-0.1, -0.05) is 23.4 Å². The largest absolute Gasteiger partial charge is 0.356 e. The highest BCUT2D eigenvalue weighted by Crippen LogP contribution is 2.35. The summed E-state index contributed by atoms with van der Waals surface area (Å²) in [6.07, 6.45) is 5.71. The average molecular weight is 299 g/mol. The van der Waals surface area contributed by atoms with Crippen LogP contribution in [0.1, 0.15) is 12.8 Å². The molecule has 2 aromatic rings. The van der Waals surface area contributed by atoms with Crippen LogP contribution in [0.25, 0.3) is 10.9 Å². The third kappa shape index (κ3) is 2.23. The first-order chi connectivity index (χ1) is 9.11. The number of aromatic nitrogens is 3. The van der Waals surface area contributed by atoms with E-state index in [1.807, 2.05) is 18.2 Å². The van der Waals surface area contributed by atoms with Crippen LogP contribution in [0, 0.1) is 5.82 Å². The molecular formula is C12H12ClFN4S. The fourth-order valence-corrected chi connectivity index (χ4v) is 2.51. The molecule has 0 N–H and O–H groups in total. The molecule has 4 nitrogen and oxygen atoms in total. The predicted molar refractivity (Wildman–Crippen MR) is 75.5 cm³/mol. The van der Waals surface area contributed by atoms with E-state index in [1.165, 1.54) is 11.8 Å². The van der Waals surface area contributed by atoms with Gasteiger partial charge in [-0.25, -0.2) is 19.3 Å². The molecule has 0 spiro atoms. The van der Waals surface area contributed by atoms with Crippen LogP contribution in [0.4, 0.5) is 10.2 Å². The number of hydrogen-bond acceptors (Lipinski definition) is 5. The number of halogens is 2. The zero-order chi connectivity index (χ0) is 13.6. The molecular weight excluding hydrogens is 287 g/mol. The van der Waals surface area contributed by atoms with E-state index in [-0.39, 0.29) is 10.7 Å². The Bertz CT molecular complexity index is 647. The van der Waals surface area contributed by atoms with Gasteiger partial charge in [0.1, 0.15) is 11.3 Å². The SMILES string of the molecule is CSc1ncc2c(N(C)C3CC3)nc(Cl)c(F)c2n1. The van der Waals surface area contributed by atoms with Crippen LogP contribution in [-0.4, -0.2) is 34.3 Å². The topological polar surface area (TPSA) is 41.9 Å². The predicted octanol–water partition coefficient (Wildman–Crippen LogP) is 3.14. The van der Waals surface area contributed by atoms with Crippen molar-refractivity contribution in [3.8, 4) is 0 Å². The summed E-state index contributed by atoms with van der Waals surface area (Å²) in [6.45, 7) is 0. The van der Waals surface area contributed by atoms with Crippen LogP contribution < -0.4 is 4.90 Å². The van der Waals surface area contributed by atoms with Crippen LogP contribution >= 0.6 is 23.4 Å². The lowest BCUT2D eigenvalue weighted by molar-refractivity contribution is 0.629. The van der Waals surface area contributed by atoms with Crippen molar-refractivity contribution in [3.63, 3.8) is 0 Å². The smallest absolute Gasteiger partial charge is 0.187 e. The van der Waals surface area contributed by atoms with Gasteiger partial charge in [-0.2, -0.15) is 0 Å². The molecule has 0 saturated heterocycles. The molecule has 3 rings (SSSR count). The summed E-state index contributed by atoms with van der Waals surface area (Å²) in [4.78, 5) is 14.6. The summed E-state index contributed by atoms with van der Waals surface area (Å²) in [6, 6.07) is 0.456. The number of hydrogen-bond donors (Lipinski definition) is 0. The molecule has 2 heterocycles. The Kier molecular flexibility index (Phi) is 3.22. The van der Waals surface area contributed by atoms with E-state index in [0.717, 1.165) is 12.8 Å². The lowest BCUT2D eigenvalue weighted by Crippen LogP contribution is -2.21. The van der Waals surface area contributed by atoms with Gasteiger partial charge in [0.05, 0.1) is 5.39 Å². The number of thioether (sulfide) groups is 1. The second-order valence-corrected chi connectivity index (χ2v) is 5.63. The van der Waals surface area contributed by atoms with E-state index < -0.39 is 5.82 Å². The second-order valence-electron chi connectivity index (χ2n) is 4.50. The highest BCUT2D eigenvalue weighted by molar-refractivity contribution is 7.98. The molecule has 1 saturated carbocycles. The fourth-order valence-electron chi connectivity index (χ4n) is 2.00. The van der Waals surface area contributed by atoms with Crippen LogP contribution in [0.15, 0.2) is 11.4 Å². The van der Waals surface area contributed by atoms with E-state index in [2.05, 4.69) is 15.0 Å². The first-order valence-electron chi connectivity index (χ1n) is 5.90. The molecule has 0 aliphatic heterocycles. The van der Waals surface area contributed by atoms with Gasteiger partial charge in [0.2, 0.25) is 0 Å². The van der Waals surface area contributed by atoms with Gasteiger partial charge in [-0.15, -0.1) is 0 Å². The van der Waals surface area contributed by atoms with Crippen LogP contribution in [0.5, 0.6) is 0 Å². The molecule has 100 valence electrons. The van der Waals surface area contributed by atoms with Gasteiger partial charge in [0.25, 0.3) is 0 Å². The van der Waals surface area contributed by atoms with Crippen molar-refractivity contribution in [2.24, 2.45) is 0 Å². The quantitative estimate of drug-likeness (QED) is 0.495. The minimum Gasteiger partial charge on any atom is -0.356 e. The van der Waals surface area contributed by atoms with Gasteiger partial charge < -0.3 is 4.90 Å². The summed E-state index contributed by atoms with van der Waals surface area (Å²) < 4.78 is 14.1. The molecule has 1 aliphatic rings.